The molecule has 0 saturated heterocycles. The van der Waals surface area contributed by atoms with Crippen molar-refractivity contribution in [3.63, 3.8) is 0 Å². The molecule has 5 heteroatoms. The van der Waals surface area contributed by atoms with E-state index in [1.54, 1.807) is 30.3 Å². The Bertz CT molecular complexity index is 504. The second kappa shape index (κ2) is 4.34. The third-order valence-electron chi connectivity index (χ3n) is 2.25. The lowest BCUT2D eigenvalue weighted by Gasteiger charge is -2.05. The second-order valence-corrected chi connectivity index (χ2v) is 3.28. The first-order valence-corrected chi connectivity index (χ1v) is 4.73. The van der Waals surface area contributed by atoms with Crippen LogP contribution in [0.4, 0.5) is 0 Å². The van der Waals surface area contributed by atoms with Crippen molar-refractivity contribution in [2.24, 2.45) is 0 Å². The zero-order chi connectivity index (χ0) is 11.5. The summed E-state index contributed by atoms with van der Waals surface area (Å²) in [6, 6.07) is 9.88. The Labute approximate surface area is 92.3 Å². The average Bonchev–Trinajstić information content (AvgIpc) is 2.77. The predicted octanol–water partition coefficient (Wildman–Crippen LogP) is 0.439. The van der Waals surface area contributed by atoms with Gasteiger partial charge < -0.3 is 14.5 Å². The molecule has 0 amide bonds. The zero-order valence-corrected chi connectivity index (χ0v) is 8.33. The Hall–Kier alpha value is -1.85. The number of furan rings is 1. The van der Waals surface area contributed by atoms with Crippen LogP contribution in [-0.2, 0) is 0 Å². The number of rotatable bonds is 3. The predicted molar refractivity (Wildman–Crippen MR) is 59.4 cm³/mol. The van der Waals surface area contributed by atoms with Gasteiger partial charge in [0.05, 0.1) is 0 Å². The molecule has 1 aromatic carbocycles. The van der Waals surface area contributed by atoms with Crippen LogP contribution in [0.5, 0.6) is 0 Å². The lowest BCUT2D eigenvalue weighted by atomic mass is 9.76. The van der Waals surface area contributed by atoms with Gasteiger partial charge in [0, 0.05) is 5.56 Å². The molecular formula is C11H9BO4. The summed E-state index contributed by atoms with van der Waals surface area (Å²) in [5, 5.41) is 18.3. The summed E-state index contributed by atoms with van der Waals surface area (Å²) in [7, 11) is -1.57. The number of aldehydes is 1. The van der Waals surface area contributed by atoms with Crippen LogP contribution < -0.4 is 5.46 Å². The molecule has 0 atom stereocenters. The van der Waals surface area contributed by atoms with E-state index in [4.69, 9.17) is 4.42 Å². The fourth-order valence-corrected chi connectivity index (χ4v) is 1.51. The molecule has 0 aliphatic carbocycles. The van der Waals surface area contributed by atoms with Crippen LogP contribution in [0.15, 0.2) is 40.8 Å². The van der Waals surface area contributed by atoms with Crippen molar-refractivity contribution in [3.05, 3.63) is 42.2 Å². The first kappa shape index (κ1) is 10.7. The molecule has 0 fully saturated rings. The minimum atomic E-state index is -1.57. The van der Waals surface area contributed by atoms with Crippen molar-refractivity contribution in [3.8, 4) is 11.3 Å². The standard InChI is InChI=1S/C11H9BO4/c13-7-8-5-6-11(16-8)9-3-1-2-4-10(9)12(14)15/h1-7,14-15H. The summed E-state index contributed by atoms with van der Waals surface area (Å²) in [5.74, 6) is 0.642. The highest BCUT2D eigenvalue weighted by atomic mass is 16.4. The van der Waals surface area contributed by atoms with Crippen LogP contribution in [0.25, 0.3) is 11.3 Å². The molecule has 2 aromatic rings. The maximum atomic E-state index is 10.5. The molecule has 2 N–H and O–H groups in total. The number of carbonyl (C=O) groups excluding carboxylic acids is 1. The summed E-state index contributed by atoms with van der Waals surface area (Å²) < 4.78 is 5.22. The Morgan fingerprint density at radius 2 is 1.88 bits per heavy atom. The summed E-state index contributed by atoms with van der Waals surface area (Å²) in [5.41, 5.74) is 0.903. The average molecular weight is 216 g/mol. The number of hydrogen-bond donors (Lipinski definition) is 2. The highest BCUT2D eigenvalue weighted by Gasteiger charge is 2.18. The largest absolute Gasteiger partial charge is 0.489 e. The van der Waals surface area contributed by atoms with E-state index in [2.05, 4.69) is 0 Å². The molecule has 4 nitrogen and oxygen atoms in total. The molecule has 0 spiro atoms. The minimum Gasteiger partial charge on any atom is -0.453 e. The quantitative estimate of drug-likeness (QED) is 0.576. The number of carbonyl (C=O) groups is 1. The van der Waals surface area contributed by atoms with Gasteiger partial charge in [-0.25, -0.2) is 0 Å². The van der Waals surface area contributed by atoms with Crippen LogP contribution in [0.3, 0.4) is 0 Å². The Morgan fingerprint density at radius 3 is 2.50 bits per heavy atom. The molecule has 0 bridgehead atoms. The smallest absolute Gasteiger partial charge is 0.453 e. The monoisotopic (exact) mass is 216 g/mol. The first-order valence-electron chi connectivity index (χ1n) is 4.73. The summed E-state index contributed by atoms with van der Waals surface area (Å²) in [6.07, 6.45) is 0.599. The van der Waals surface area contributed by atoms with E-state index < -0.39 is 7.12 Å². The number of benzene rings is 1. The van der Waals surface area contributed by atoms with E-state index in [9.17, 15) is 14.8 Å². The van der Waals surface area contributed by atoms with Gasteiger partial charge in [0.25, 0.3) is 0 Å². The third kappa shape index (κ3) is 1.91. The van der Waals surface area contributed by atoms with Gasteiger partial charge in [-0.05, 0) is 17.6 Å². The molecule has 0 aliphatic heterocycles. The summed E-state index contributed by atoms with van der Waals surface area (Å²) in [6.45, 7) is 0. The van der Waals surface area contributed by atoms with Gasteiger partial charge in [-0.2, -0.15) is 0 Å². The minimum absolute atomic E-state index is 0.206. The maximum absolute atomic E-state index is 10.5. The van der Waals surface area contributed by atoms with Crippen LogP contribution in [-0.4, -0.2) is 23.5 Å². The summed E-state index contributed by atoms with van der Waals surface area (Å²) in [4.78, 5) is 10.5. The van der Waals surface area contributed by atoms with Crippen LogP contribution in [0.1, 0.15) is 10.6 Å². The van der Waals surface area contributed by atoms with E-state index in [1.165, 1.54) is 6.07 Å². The van der Waals surface area contributed by atoms with Crippen LogP contribution in [0.2, 0.25) is 0 Å². The Balaban J connectivity index is 2.50. The van der Waals surface area contributed by atoms with Crippen molar-refractivity contribution >= 4 is 18.9 Å². The van der Waals surface area contributed by atoms with Gasteiger partial charge in [0.2, 0.25) is 0 Å². The highest BCUT2D eigenvalue weighted by molar-refractivity contribution is 6.60. The van der Waals surface area contributed by atoms with Crippen molar-refractivity contribution < 1.29 is 19.3 Å². The first-order chi connectivity index (χ1) is 7.72. The molecule has 0 unspecified atom stereocenters. The lowest BCUT2D eigenvalue weighted by molar-refractivity contribution is 0.110. The van der Waals surface area contributed by atoms with Crippen molar-refractivity contribution in [2.45, 2.75) is 0 Å². The van der Waals surface area contributed by atoms with Gasteiger partial charge in [-0.1, -0.05) is 24.3 Å². The van der Waals surface area contributed by atoms with Gasteiger partial charge in [0.1, 0.15) is 5.76 Å². The Kier molecular flexibility index (Phi) is 2.89. The van der Waals surface area contributed by atoms with E-state index in [1.807, 2.05) is 0 Å². The maximum Gasteiger partial charge on any atom is 0.489 e. The number of hydrogen-bond acceptors (Lipinski definition) is 4. The molecule has 0 aliphatic rings. The fourth-order valence-electron chi connectivity index (χ4n) is 1.51. The zero-order valence-electron chi connectivity index (χ0n) is 8.33. The van der Waals surface area contributed by atoms with Crippen molar-refractivity contribution in [2.75, 3.05) is 0 Å². The van der Waals surface area contributed by atoms with Gasteiger partial charge in [-0.3, -0.25) is 4.79 Å². The second-order valence-electron chi connectivity index (χ2n) is 3.28. The van der Waals surface area contributed by atoms with Gasteiger partial charge in [-0.15, -0.1) is 0 Å². The molecule has 16 heavy (non-hydrogen) atoms. The van der Waals surface area contributed by atoms with Gasteiger partial charge >= 0.3 is 7.12 Å². The SMILES string of the molecule is O=Cc1ccc(-c2ccccc2B(O)O)o1. The molecule has 1 heterocycles. The Morgan fingerprint density at radius 1 is 1.12 bits per heavy atom. The van der Waals surface area contributed by atoms with Crippen LogP contribution in [0, 0.1) is 0 Å². The van der Waals surface area contributed by atoms with E-state index in [0.717, 1.165) is 0 Å². The van der Waals surface area contributed by atoms with Crippen molar-refractivity contribution in [1.29, 1.82) is 0 Å². The topological polar surface area (TPSA) is 70.7 Å². The van der Waals surface area contributed by atoms with Gasteiger partial charge in [0.15, 0.2) is 12.0 Å². The lowest BCUT2D eigenvalue weighted by Crippen LogP contribution is -2.31. The molecule has 0 saturated carbocycles. The normalized spacial score (nSPS) is 10.1. The molecular weight excluding hydrogens is 207 g/mol. The fraction of sp³-hybridized carbons (Fsp3) is 0. The molecule has 2 rings (SSSR count). The van der Waals surface area contributed by atoms with E-state index in [0.29, 0.717) is 23.1 Å². The molecule has 0 radical (unpaired) electrons. The van der Waals surface area contributed by atoms with E-state index >= 15 is 0 Å². The van der Waals surface area contributed by atoms with Crippen molar-refractivity contribution in [1.82, 2.24) is 0 Å². The van der Waals surface area contributed by atoms with Crippen LogP contribution >= 0.6 is 0 Å². The van der Waals surface area contributed by atoms with E-state index in [-0.39, 0.29) is 5.76 Å². The molecule has 1 aromatic heterocycles. The third-order valence-corrected chi connectivity index (χ3v) is 2.25. The molecule has 80 valence electrons. The summed E-state index contributed by atoms with van der Waals surface area (Å²) >= 11 is 0. The highest BCUT2D eigenvalue weighted by Crippen LogP contribution is 2.19.